The summed E-state index contributed by atoms with van der Waals surface area (Å²) in [6.07, 6.45) is 1.56. The van der Waals surface area contributed by atoms with E-state index < -0.39 is 11.7 Å². The fourth-order valence-corrected chi connectivity index (χ4v) is 1.56. The van der Waals surface area contributed by atoms with Gasteiger partial charge in [0.15, 0.2) is 0 Å². The Hall–Kier alpha value is -2.17. The smallest absolute Gasteiger partial charge is 0.254 e. The quantitative estimate of drug-likeness (QED) is 0.907. The second-order valence-electron chi connectivity index (χ2n) is 3.98. The number of hydrogen-bond acceptors (Lipinski definition) is 3. The molecule has 4 nitrogen and oxygen atoms in total. The Morgan fingerprint density at radius 3 is 2.89 bits per heavy atom. The maximum atomic E-state index is 13.7. The van der Waals surface area contributed by atoms with Gasteiger partial charge in [0.1, 0.15) is 11.6 Å². The lowest BCUT2D eigenvalue weighted by Crippen LogP contribution is -2.24. The van der Waals surface area contributed by atoms with Crippen molar-refractivity contribution in [1.82, 2.24) is 10.3 Å². The SMILES string of the molecule is Cc1cnc(CNC(=O)c2cccc(C)c2F)o1. The van der Waals surface area contributed by atoms with Crippen LogP contribution in [0.3, 0.4) is 0 Å². The van der Waals surface area contributed by atoms with Crippen LogP contribution in [0.4, 0.5) is 4.39 Å². The van der Waals surface area contributed by atoms with Gasteiger partial charge in [-0.15, -0.1) is 0 Å². The third-order valence-electron chi connectivity index (χ3n) is 2.51. The molecule has 1 aromatic heterocycles. The largest absolute Gasteiger partial charge is 0.444 e. The van der Waals surface area contributed by atoms with E-state index in [1.807, 2.05) is 0 Å². The van der Waals surface area contributed by atoms with Crippen molar-refractivity contribution in [2.24, 2.45) is 0 Å². The van der Waals surface area contributed by atoms with Crippen molar-refractivity contribution in [2.75, 3.05) is 0 Å². The third-order valence-corrected chi connectivity index (χ3v) is 2.51. The maximum absolute atomic E-state index is 13.7. The summed E-state index contributed by atoms with van der Waals surface area (Å²) in [4.78, 5) is 15.7. The molecule has 0 saturated carbocycles. The fraction of sp³-hybridized carbons (Fsp3) is 0.231. The summed E-state index contributed by atoms with van der Waals surface area (Å²) in [5, 5.41) is 2.56. The van der Waals surface area contributed by atoms with E-state index in [4.69, 9.17) is 4.42 Å². The van der Waals surface area contributed by atoms with E-state index >= 15 is 0 Å². The van der Waals surface area contributed by atoms with E-state index in [1.54, 1.807) is 32.2 Å². The van der Waals surface area contributed by atoms with Gasteiger partial charge in [0.05, 0.1) is 18.3 Å². The minimum atomic E-state index is -0.501. The molecule has 18 heavy (non-hydrogen) atoms. The van der Waals surface area contributed by atoms with Gasteiger partial charge in [0.2, 0.25) is 5.89 Å². The molecule has 0 spiro atoms. The van der Waals surface area contributed by atoms with Gasteiger partial charge in [-0.1, -0.05) is 12.1 Å². The summed E-state index contributed by atoms with van der Waals surface area (Å²) in [5.41, 5.74) is 0.466. The number of amides is 1. The molecule has 0 atom stereocenters. The molecular weight excluding hydrogens is 235 g/mol. The fourth-order valence-electron chi connectivity index (χ4n) is 1.56. The molecule has 94 valence electrons. The number of nitrogens with one attached hydrogen (secondary N) is 1. The molecule has 0 bridgehead atoms. The van der Waals surface area contributed by atoms with Crippen LogP contribution >= 0.6 is 0 Å². The van der Waals surface area contributed by atoms with Gasteiger partial charge in [-0.2, -0.15) is 0 Å². The highest BCUT2D eigenvalue weighted by molar-refractivity contribution is 5.94. The Bertz CT molecular complexity index is 578. The lowest BCUT2D eigenvalue weighted by atomic mass is 10.1. The first kappa shape index (κ1) is 12.3. The molecular formula is C13H13FN2O2. The molecule has 1 aromatic carbocycles. The number of carbonyl (C=O) groups excluding carboxylic acids is 1. The summed E-state index contributed by atoms with van der Waals surface area (Å²) in [6.45, 7) is 3.52. The van der Waals surface area contributed by atoms with Crippen molar-refractivity contribution in [3.8, 4) is 0 Å². The average molecular weight is 248 g/mol. The zero-order valence-corrected chi connectivity index (χ0v) is 10.2. The van der Waals surface area contributed by atoms with E-state index in [9.17, 15) is 9.18 Å². The Morgan fingerprint density at radius 1 is 1.44 bits per heavy atom. The molecule has 0 saturated heterocycles. The topological polar surface area (TPSA) is 55.1 Å². The van der Waals surface area contributed by atoms with E-state index in [-0.39, 0.29) is 12.1 Å². The first-order chi connectivity index (χ1) is 8.58. The summed E-state index contributed by atoms with van der Waals surface area (Å²) < 4.78 is 18.9. The van der Waals surface area contributed by atoms with Crippen LogP contribution < -0.4 is 5.32 Å². The van der Waals surface area contributed by atoms with Gasteiger partial charge in [0.25, 0.3) is 5.91 Å². The molecule has 2 rings (SSSR count). The normalized spacial score (nSPS) is 10.4. The summed E-state index contributed by atoms with van der Waals surface area (Å²) >= 11 is 0. The number of oxazole rings is 1. The summed E-state index contributed by atoms with van der Waals surface area (Å²) in [7, 11) is 0. The number of aryl methyl sites for hydroxylation is 2. The van der Waals surface area contributed by atoms with Crippen LogP contribution in [0.1, 0.15) is 27.6 Å². The van der Waals surface area contributed by atoms with Gasteiger partial charge >= 0.3 is 0 Å². The molecule has 2 aromatic rings. The van der Waals surface area contributed by atoms with Crippen molar-refractivity contribution in [1.29, 1.82) is 0 Å². The molecule has 0 aliphatic heterocycles. The van der Waals surface area contributed by atoms with Gasteiger partial charge < -0.3 is 9.73 Å². The monoisotopic (exact) mass is 248 g/mol. The molecule has 1 heterocycles. The van der Waals surface area contributed by atoms with E-state index in [0.29, 0.717) is 17.2 Å². The Labute approximate surface area is 104 Å². The van der Waals surface area contributed by atoms with Crippen LogP contribution in [0.5, 0.6) is 0 Å². The van der Waals surface area contributed by atoms with E-state index in [0.717, 1.165) is 0 Å². The van der Waals surface area contributed by atoms with Gasteiger partial charge in [0, 0.05) is 0 Å². The molecule has 0 fully saturated rings. The first-order valence-electron chi connectivity index (χ1n) is 5.52. The zero-order chi connectivity index (χ0) is 13.1. The van der Waals surface area contributed by atoms with Gasteiger partial charge in [-0.25, -0.2) is 9.37 Å². The predicted molar refractivity (Wildman–Crippen MR) is 63.5 cm³/mol. The molecule has 0 unspecified atom stereocenters. The number of rotatable bonds is 3. The number of aromatic nitrogens is 1. The minimum Gasteiger partial charge on any atom is -0.444 e. The van der Waals surface area contributed by atoms with E-state index in [2.05, 4.69) is 10.3 Å². The van der Waals surface area contributed by atoms with Crippen molar-refractivity contribution < 1.29 is 13.6 Å². The highest BCUT2D eigenvalue weighted by Gasteiger charge is 2.13. The lowest BCUT2D eigenvalue weighted by Gasteiger charge is -2.05. The van der Waals surface area contributed by atoms with Crippen LogP contribution in [0.15, 0.2) is 28.8 Å². The predicted octanol–water partition coefficient (Wildman–Crippen LogP) is 2.36. The number of benzene rings is 1. The highest BCUT2D eigenvalue weighted by Crippen LogP contribution is 2.12. The van der Waals surface area contributed by atoms with Crippen LogP contribution in [0.2, 0.25) is 0 Å². The number of hydrogen-bond donors (Lipinski definition) is 1. The average Bonchev–Trinajstić information content (AvgIpc) is 2.76. The summed E-state index contributed by atoms with van der Waals surface area (Å²) in [5.74, 6) is 0.0838. The Morgan fingerprint density at radius 2 is 2.22 bits per heavy atom. The Kier molecular flexibility index (Phi) is 3.41. The molecule has 1 amide bonds. The van der Waals surface area contributed by atoms with Crippen LogP contribution in [-0.2, 0) is 6.54 Å². The lowest BCUT2D eigenvalue weighted by molar-refractivity contribution is 0.0943. The van der Waals surface area contributed by atoms with E-state index in [1.165, 1.54) is 6.07 Å². The van der Waals surface area contributed by atoms with Crippen LogP contribution in [0, 0.1) is 19.7 Å². The third kappa shape index (κ3) is 2.56. The van der Waals surface area contributed by atoms with Crippen molar-refractivity contribution in [3.05, 3.63) is 53.0 Å². The minimum absolute atomic E-state index is 0.0262. The number of halogens is 1. The Balaban J connectivity index is 2.06. The molecule has 1 N–H and O–H groups in total. The van der Waals surface area contributed by atoms with Crippen LogP contribution in [-0.4, -0.2) is 10.9 Å². The number of carbonyl (C=O) groups is 1. The first-order valence-corrected chi connectivity index (χ1v) is 5.52. The zero-order valence-electron chi connectivity index (χ0n) is 10.2. The molecule has 0 aliphatic carbocycles. The molecule has 0 aliphatic rings. The number of nitrogens with zero attached hydrogens (tertiary/aromatic N) is 1. The van der Waals surface area contributed by atoms with Gasteiger partial charge in [-0.05, 0) is 25.5 Å². The van der Waals surface area contributed by atoms with Crippen LogP contribution in [0.25, 0.3) is 0 Å². The molecule has 5 heteroatoms. The van der Waals surface area contributed by atoms with Crippen molar-refractivity contribution in [3.63, 3.8) is 0 Å². The second kappa shape index (κ2) is 5.00. The summed E-state index contributed by atoms with van der Waals surface area (Å²) in [6, 6.07) is 4.70. The maximum Gasteiger partial charge on any atom is 0.254 e. The van der Waals surface area contributed by atoms with Crippen molar-refractivity contribution >= 4 is 5.91 Å². The van der Waals surface area contributed by atoms with Gasteiger partial charge in [-0.3, -0.25) is 4.79 Å². The standard InChI is InChI=1S/C13H13FN2O2/c1-8-4-3-5-10(12(8)14)13(17)16-7-11-15-6-9(2)18-11/h3-6H,7H2,1-2H3,(H,16,17). The highest BCUT2D eigenvalue weighted by atomic mass is 19.1. The molecule has 0 radical (unpaired) electrons. The second-order valence-corrected chi connectivity index (χ2v) is 3.98. The van der Waals surface area contributed by atoms with Crippen molar-refractivity contribution in [2.45, 2.75) is 20.4 Å².